The van der Waals surface area contributed by atoms with Crippen LogP contribution in [0.4, 0.5) is 0 Å². The van der Waals surface area contributed by atoms with E-state index in [1.165, 1.54) is 0 Å². The van der Waals surface area contributed by atoms with E-state index in [4.69, 9.17) is 0 Å². The summed E-state index contributed by atoms with van der Waals surface area (Å²) in [7, 11) is 0. The molecule has 30 heavy (non-hydrogen) atoms. The molecule has 0 radical (unpaired) electrons. The molecule has 1 aromatic heterocycles. The Labute approximate surface area is 176 Å². The molecule has 1 N–H and O–H groups in total. The Morgan fingerprint density at radius 3 is 2.70 bits per heavy atom. The van der Waals surface area contributed by atoms with Crippen molar-refractivity contribution in [2.45, 2.75) is 37.8 Å². The zero-order valence-corrected chi connectivity index (χ0v) is 17.0. The number of pyridine rings is 1. The second-order valence-electron chi connectivity index (χ2n) is 7.72. The summed E-state index contributed by atoms with van der Waals surface area (Å²) in [4.78, 5) is 33.0. The lowest BCUT2D eigenvalue weighted by atomic mass is 9.73. The Kier molecular flexibility index (Phi) is 5.82. The van der Waals surface area contributed by atoms with Gasteiger partial charge in [-0.25, -0.2) is 0 Å². The van der Waals surface area contributed by atoms with Crippen LogP contribution in [-0.4, -0.2) is 63.5 Å². The average molecular weight is 403 g/mol. The van der Waals surface area contributed by atoms with Gasteiger partial charge in [0.1, 0.15) is 12.2 Å². The van der Waals surface area contributed by atoms with E-state index in [9.17, 15) is 14.7 Å². The Bertz CT molecular complexity index is 978. The standard InChI is InChI=1S/C24H25N3O3/c1-2-3-4-7-17-9-11-18(12-10-17)23-20-14-26(15-22(29)27(20)21(23)16-28)24(30)19-8-5-6-13-25-19/h5-6,8-13,20-21,23,28H,2-3,14-16H2,1H3/t20-,21+,23-/m0/s1. The predicted molar refractivity (Wildman–Crippen MR) is 113 cm³/mol. The summed E-state index contributed by atoms with van der Waals surface area (Å²) in [5, 5.41) is 9.92. The molecule has 0 saturated carbocycles. The molecule has 4 rings (SSSR count). The number of piperazine rings is 1. The van der Waals surface area contributed by atoms with Gasteiger partial charge in [0.2, 0.25) is 5.91 Å². The molecule has 0 spiro atoms. The molecule has 2 saturated heterocycles. The van der Waals surface area contributed by atoms with Gasteiger partial charge in [0.15, 0.2) is 0 Å². The smallest absolute Gasteiger partial charge is 0.272 e. The molecule has 2 aliphatic heterocycles. The third kappa shape index (κ3) is 3.69. The van der Waals surface area contributed by atoms with Crippen LogP contribution in [0.5, 0.6) is 0 Å². The molecule has 0 bridgehead atoms. The maximum Gasteiger partial charge on any atom is 0.272 e. The average Bonchev–Trinajstić information content (AvgIpc) is 2.76. The van der Waals surface area contributed by atoms with Gasteiger partial charge < -0.3 is 14.9 Å². The first-order valence-corrected chi connectivity index (χ1v) is 10.3. The maximum atomic E-state index is 12.8. The van der Waals surface area contributed by atoms with E-state index < -0.39 is 0 Å². The molecule has 2 aliphatic rings. The normalized spacial score (nSPS) is 22.6. The van der Waals surface area contributed by atoms with Crippen LogP contribution in [0.1, 0.15) is 47.3 Å². The Hall–Kier alpha value is -3.17. The first-order chi connectivity index (χ1) is 14.6. The van der Waals surface area contributed by atoms with Crippen LogP contribution in [-0.2, 0) is 4.79 Å². The third-order valence-corrected chi connectivity index (χ3v) is 5.83. The lowest BCUT2D eigenvalue weighted by molar-refractivity contribution is -0.159. The van der Waals surface area contributed by atoms with Gasteiger partial charge in [-0.3, -0.25) is 14.6 Å². The first kappa shape index (κ1) is 20.1. The van der Waals surface area contributed by atoms with Crippen molar-refractivity contribution in [3.05, 3.63) is 65.5 Å². The highest BCUT2D eigenvalue weighted by Gasteiger charge is 2.54. The van der Waals surface area contributed by atoms with E-state index in [1.54, 1.807) is 34.2 Å². The summed E-state index contributed by atoms with van der Waals surface area (Å²) in [5.74, 6) is 5.90. The van der Waals surface area contributed by atoms with Gasteiger partial charge in [-0.05, 0) is 36.2 Å². The fourth-order valence-corrected chi connectivity index (χ4v) is 4.38. The molecule has 2 fully saturated rings. The molecule has 1 aromatic carbocycles. The number of benzene rings is 1. The van der Waals surface area contributed by atoms with E-state index >= 15 is 0 Å². The topological polar surface area (TPSA) is 73.7 Å². The number of aliphatic hydroxyl groups is 1. The lowest BCUT2D eigenvalue weighted by Crippen LogP contribution is -2.73. The Morgan fingerprint density at radius 1 is 1.23 bits per heavy atom. The molecular formula is C24H25N3O3. The number of nitrogens with zero attached hydrogens (tertiary/aromatic N) is 3. The fraction of sp³-hybridized carbons (Fsp3) is 0.375. The molecule has 154 valence electrons. The molecule has 0 aliphatic carbocycles. The SMILES string of the molecule is CCCC#Cc1ccc([C@@H]2[C@@H](CO)N3C(=O)CN(C(=O)c4ccccn4)C[C@@H]23)cc1. The van der Waals surface area contributed by atoms with E-state index in [0.717, 1.165) is 24.0 Å². The van der Waals surface area contributed by atoms with Gasteiger partial charge in [-0.1, -0.05) is 37.0 Å². The number of aliphatic hydroxyl groups excluding tert-OH is 1. The number of carbonyl (C=O) groups excluding carboxylic acids is 2. The zero-order valence-electron chi connectivity index (χ0n) is 17.0. The molecular weight excluding hydrogens is 378 g/mol. The van der Waals surface area contributed by atoms with Crippen LogP contribution >= 0.6 is 0 Å². The number of fused-ring (bicyclic) bond motifs is 1. The van der Waals surface area contributed by atoms with E-state index in [0.29, 0.717) is 12.2 Å². The number of amides is 2. The fourth-order valence-electron chi connectivity index (χ4n) is 4.38. The van der Waals surface area contributed by atoms with Crippen LogP contribution in [0.2, 0.25) is 0 Å². The second kappa shape index (κ2) is 8.68. The van der Waals surface area contributed by atoms with Crippen LogP contribution in [0, 0.1) is 11.8 Å². The number of unbranched alkanes of at least 4 members (excludes halogenated alkanes) is 1. The van der Waals surface area contributed by atoms with E-state index in [2.05, 4.69) is 23.7 Å². The minimum atomic E-state index is -0.258. The summed E-state index contributed by atoms with van der Waals surface area (Å²) < 4.78 is 0. The molecule has 6 heteroatoms. The summed E-state index contributed by atoms with van der Waals surface area (Å²) in [6.45, 7) is 2.45. The molecule has 2 aromatic rings. The van der Waals surface area contributed by atoms with Gasteiger partial charge in [-0.15, -0.1) is 0 Å². The van der Waals surface area contributed by atoms with Crippen molar-refractivity contribution in [1.82, 2.24) is 14.8 Å². The number of hydrogen-bond acceptors (Lipinski definition) is 4. The minimum absolute atomic E-state index is 0.0150. The summed E-state index contributed by atoms with van der Waals surface area (Å²) in [6.07, 6.45) is 3.48. The van der Waals surface area contributed by atoms with Crippen LogP contribution < -0.4 is 0 Å². The number of carbonyl (C=O) groups is 2. The number of aromatic nitrogens is 1. The molecule has 3 atom stereocenters. The number of hydrogen-bond donors (Lipinski definition) is 1. The van der Waals surface area contributed by atoms with Crippen molar-refractivity contribution < 1.29 is 14.7 Å². The van der Waals surface area contributed by atoms with Crippen molar-refractivity contribution in [1.29, 1.82) is 0 Å². The van der Waals surface area contributed by atoms with E-state index in [1.807, 2.05) is 24.3 Å². The van der Waals surface area contributed by atoms with Gasteiger partial charge in [-0.2, -0.15) is 0 Å². The number of rotatable bonds is 4. The highest BCUT2D eigenvalue weighted by atomic mass is 16.3. The summed E-state index contributed by atoms with van der Waals surface area (Å²) in [5.41, 5.74) is 2.34. The quantitative estimate of drug-likeness (QED) is 0.793. The Balaban J connectivity index is 1.54. The molecule has 0 unspecified atom stereocenters. The highest BCUT2D eigenvalue weighted by molar-refractivity contribution is 5.96. The molecule has 3 heterocycles. The maximum absolute atomic E-state index is 12.8. The van der Waals surface area contributed by atoms with Gasteiger partial charge in [0, 0.05) is 30.6 Å². The monoisotopic (exact) mass is 403 g/mol. The zero-order chi connectivity index (χ0) is 21.1. The minimum Gasteiger partial charge on any atom is -0.394 e. The molecule has 2 amide bonds. The van der Waals surface area contributed by atoms with Gasteiger partial charge in [0.05, 0.1) is 18.7 Å². The lowest BCUT2D eigenvalue weighted by Gasteiger charge is -2.58. The van der Waals surface area contributed by atoms with Crippen molar-refractivity contribution in [3.63, 3.8) is 0 Å². The third-order valence-electron chi connectivity index (χ3n) is 5.83. The Morgan fingerprint density at radius 2 is 2.03 bits per heavy atom. The largest absolute Gasteiger partial charge is 0.394 e. The predicted octanol–water partition coefficient (Wildman–Crippen LogP) is 2.04. The second-order valence-corrected chi connectivity index (χ2v) is 7.72. The van der Waals surface area contributed by atoms with Crippen molar-refractivity contribution in [3.8, 4) is 11.8 Å². The van der Waals surface area contributed by atoms with Crippen molar-refractivity contribution in [2.75, 3.05) is 19.7 Å². The summed E-state index contributed by atoms with van der Waals surface area (Å²) in [6, 6.07) is 12.8. The van der Waals surface area contributed by atoms with Crippen molar-refractivity contribution >= 4 is 11.8 Å². The van der Waals surface area contributed by atoms with Crippen LogP contribution in [0.15, 0.2) is 48.7 Å². The molecule has 6 nitrogen and oxygen atoms in total. The summed E-state index contributed by atoms with van der Waals surface area (Å²) >= 11 is 0. The van der Waals surface area contributed by atoms with Crippen molar-refractivity contribution in [2.24, 2.45) is 0 Å². The van der Waals surface area contributed by atoms with Gasteiger partial charge >= 0.3 is 0 Å². The highest BCUT2D eigenvalue weighted by Crippen LogP contribution is 2.43. The van der Waals surface area contributed by atoms with Gasteiger partial charge in [0.25, 0.3) is 5.91 Å². The van der Waals surface area contributed by atoms with E-state index in [-0.39, 0.29) is 43.0 Å². The van der Waals surface area contributed by atoms with Crippen LogP contribution in [0.3, 0.4) is 0 Å². The van der Waals surface area contributed by atoms with Crippen LogP contribution in [0.25, 0.3) is 0 Å². The first-order valence-electron chi connectivity index (χ1n) is 10.3.